The van der Waals surface area contributed by atoms with Crippen LogP contribution in [0.15, 0.2) is 4.99 Å². The third kappa shape index (κ3) is 7.12. The van der Waals surface area contributed by atoms with E-state index in [-0.39, 0.29) is 11.4 Å². The lowest BCUT2D eigenvalue weighted by molar-refractivity contribution is -0.121. The smallest absolute Gasteiger partial charge is 0.220 e. The highest BCUT2D eigenvalue weighted by Gasteiger charge is 2.38. The van der Waals surface area contributed by atoms with Crippen LogP contribution in [0.3, 0.4) is 0 Å². The van der Waals surface area contributed by atoms with Crippen molar-refractivity contribution in [2.75, 3.05) is 52.5 Å². The van der Waals surface area contributed by atoms with Gasteiger partial charge in [0.25, 0.3) is 0 Å². The first-order chi connectivity index (χ1) is 14.7. The molecule has 30 heavy (non-hydrogen) atoms. The van der Waals surface area contributed by atoms with Gasteiger partial charge in [-0.05, 0) is 38.5 Å². The number of guanidine groups is 1. The van der Waals surface area contributed by atoms with Gasteiger partial charge in [-0.25, -0.2) is 0 Å². The minimum absolute atomic E-state index is 0.180. The molecule has 0 aromatic rings. The maximum absolute atomic E-state index is 12.1. The zero-order valence-electron chi connectivity index (χ0n) is 19.0. The number of carbonyl (C=O) groups is 1. The minimum Gasteiger partial charge on any atom is -0.379 e. The number of nitrogens with zero attached hydrogens (tertiary/aromatic N) is 2. The molecule has 0 radical (unpaired) electrons. The number of carbonyl (C=O) groups excluding carboxylic acids is 1. The summed E-state index contributed by atoms with van der Waals surface area (Å²) in [6.07, 6.45) is 12.1. The van der Waals surface area contributed by atoms with Crippen molar-refractivity contribution in [3.8, 4) is 0 Å². The molecule has 3 fully saturated rings. The highest BCUT2D eigenvalue weighted by atomic mass is 16.5. The Kier molecular flexibility index (Phi) is 9.72. The average Bonchev–Trinajstić information content (AvgIpc) is 3.29. The molecule has 7 nitrogen and oxygen atoms in total. The molecule has 1 saturated heterocycles. The Morgan fingerprint density at radius 3 is 2.40 bits per heavy atom. The van der Waals surface area contributed by atoms with E-state index in [1.807, 2.05) is 0 Å². The molecule has 1 amide bonds. The first kappa shape index (κ1) is 23.3. The molecule has 7 heteroatoms. The van der Waals surface area contributed by atoms with Gasteiger partial charge in [0, 0.05) is 44.7 Å². The van der Waals surface area contributed by atoms with Crippen LogP contribution in [-0.2, 0) is 9.53 Å². The topological polar surface area (TPSA) is 78.0 Å². The molecule has 3 N–H and O–H groups in total. The van der Waals surface area contributed by atoms with Crippen LogP contribution in [0.1, 0.15) is 71.1 Å². The van der Waals surface area contributed by atoms with Crippen molar-refractivity contribution in [1.82, 2.24) is 20.9 Å². The Bertz CT molecular complexity index is 536. The summed E-state index contributed by atoms with van der Waals surface area (Å²) in [7, 11) is 0. The molecule has 1 heterocycles. The molecule has 0 bridgehead atoms. The van der Waals surface area contributed by atoms with Gasteiger partial charge in [0.1, 0.15) is 0 Å². The van der Waals surface area contributed by atoms with E-state index in [1.54, 1.807) is 0 Å². The molecule has 0 spiro atoms. The monoisotopic (exact) mass is 421 g/mol. The molecule has 3 rings (SSSR count). The van der Waals surface area contributed by atoms with Crippen molar-refractivity contribution in [1.29, 1.82) is 0 Å². The maximum Gasteiger partial charge on any atom is 0.220 e. The molecule has 172 valence electrons. The number of morpholine rings is 1. The second-order valence-electron chi connectivity index (χ2n) is 9.21. The molecular formula is C23H43N5O2. The van der Waals surface area contributed by atoms with Crippen LogP contribution in [0.4, 0.5) is 0 Å². The van der Waals surface area contributed by atoms with E-state index >= 15 is 0 Å². The second kappa shape index (κ2) is 12.5. The summed E-state index contributed by atoms with van der Waals surface area (Å²) in [6, 6.07) is 0. The summed E-state index contributed by atoms with van der Waals surface area (Å²) < 4.78 is 5.59. The van der Waals surface area contributed by atoms with Gasteiger partial charge in [0.2, 0.25) is 5.91 Å². The van der Waals surface area contributed by atoms with Gasteiger partial charge in [0.05, 0.1) is 19.8 Å². The van der Waals surface area contributed by atoms with E-state index in [0.29, 0.717) is 25.4 Å². The maximum atomic E-state index is 12.1. The first-order valence-corrected chi connectivity index (χ1v) is 12.3. The predicted molar refractivity (Wildman–Crippen MR) is 122 cm³/mol. The van der Waals surface area contributed by atoms with Crippen LogP contribution in [0, 0.1) is 5.92 Å². The van der Waals surface area contributed by atoms with Crippen molar-refractivity contribution >= 4 is 11.9 Å². The van der Waals surface area contributed by atoms with Crippen molar-refractivity contribution in [3.05, 3.63) is 0 Å². The van der Waals surface area contributed by atoms with Crippen molar-refractivity contribution in [3.63, 3.8) is 0 Å². The summed E-state index contributed by atoms with van der Waals surface area (Å²) in [5.41, 5.74) is 0.180. The van der Waals surface area contributed by atoms with Gasteiger partial charge < -0.3 is 20.7 Å². The van der Waals surface area contributed by atoms with Crippen molar-refractivity contribution in [2.24, 2.45) is 10.9 Å². The number of amides is 1. The zero-order chi connectivity index (χ0) is 21.1. The largest absolute Gasteiger partial charge is 0.379 e. The van der Waals surface area contributed by atoms with Crippen LogP contribution in [0.5, 0.6) is 0 Å². The lowest BCUT2D eigenvalue weighted by Gasteiger charge is -2.47. The van der Waals surface area contributed by atoms with E-state index in [9.17, 15) is 4.79 Å². The van der Waals surface area contributed by atoms with Gasteiger partial charge in [-0.1, -0.05) is 32.1 Å². The van der Waals surface area contributed by atoms with Gasteiger partial charge in [-0.2, -0.15) is 0 Å². The van der Waals surface area contributed by atoms with E-state index in [0.717, 1.165) is 45.4 Å². The number of ether oxygens (including phenoxy) is 1. The Hall–Kier alpha value is -1.34. The second-order valence-corrected chi connectivity index (χ2v) is 9.21. The Labute approximate surface area is 182 Å². The van der Waals surface area contributed by atoms with Gasteiger partial charge >= 0.3 is 0 Å². The summed E-state index contributed by atoms with van der Waals surface area (Å²) in [4.78, 5) is 19.7. The molecule has 0 unspecified atom stereocenters. The lowest BCUT2D eigenvalue weighted by atomic mass is 9.80. The van der Waals surface area contributed by atoms with Crippen molar-refractivity contribution < 1.29 is 9.53 Å². The molecular weight excluding hydrogens is 378 g/mol. The minimum atomic E-state index is 0.180. The molecule has 0 aromatic carbocycles. The summed E-state index contributed by atoms with van der Waals surface area (Å²) in [5.74, 6) is 1.66. The average molecular weight is 422 g/mol. The normalized spacial score (nSPS) is 23.3. The molecule has 2 saturated carbocycles. The van der Waals surface area contributed by atoms with E-state index in [2.05, 4.69) is 27.8 Å². The zero-order valence-corrected chi connectivity index (χ0v) is 19.0. The van der Waals surface area contributed by atoms with E-state index < -0.39 is 0 Å². The third-order valence-electron chi connectivity index (χ3n) is 7.03. The SMILES string of the molecule is CCNC(=NCC1(N2CCOCC2)CCCCC1)NCCNC(=O)CC1CCCC1. The van der Waals surface area contributed by atoms with Crippen molar-refractivity contribution in [2.45, 2.75) is 76.7 Å². The lowest BCUT2D eigenvalue weighted by Crippen LogP contribution is -2.56. The quantitative estimate of drug-likeness (QED) is 0.302. The predicted octanol–water partition coefficient (Wildman–Crippen LogP) is 2.27. The van der Waals surface area contributed by atoms with Crippen LogP contribution >= 0.6 is 0 Å². The fourth-order valence-corrected chi connectivity index (χ4v) is 5.32. The van der Waals surface area contributed by atoms with Gasteiger partial charge in [-0.15, -0.1) is 0 Å². The van der Waals surface area contributed by atoms with E-state index in [4.69, 9.17) is 9.73 Å². The number of aliphatic imine (C=N–C) groups is 1. The molecule has 1 aliphatic heterocycles. The number of hydrogen-bond acceptors (Lipinski definition) is 4. The van der Waals surface area contributed by atoms with E-state index in [1.165, 1.54) is 57.8 Å². The Balaban J connectivity index is 1.46. The highest BCUT2D eigenvalue weighted by Crippen LogP contribution is 2.34. The summed E-state index contributed by atoms with van der Waals surface area (Å²) in [6.45, 7) is 8.82. The van der Waals surface area contributed by atoms with Gasteiger partial charge in [0.15, 0.2) is 5.96 Å². The van der Waals surface area contributed by atoms with Crippen LogP contribution in [0.25, 0.3) is 0 Å². The standard InChI is InChI=1S/C23H43N5O2/c1-2-24-22(26-13-12-25-21(29)18-20-8-4-5-9-20)27-19-23(10-6-3-7-11-23)28-14-16-30-17-15-28/h20H,2-19H2,1H3,(H,25,29)(H2,24,26,27). The molecule has 3 aliphatic rings. The Morgan fingerprint density at radius 2 is 1.70 bits per heavy atom. The fraction of sp³-hybridized carbons (Fsp3) is 0.913. The number of hydrogen-bond donors (Lipinski definition) is 3. The fourth-order valence-electron chi connectivity index (χ4n) is 5.32. The molecule has 0 atom stereocenters. The number of rotatable bonds is 9. The molecule has 2 aliphatic carbocycles. The molecule has 0 aromatic heterocycles. The Morgan fingerprint density at radius 1 is 1.00 bits per heavy atom. The van der Waals surface area contributed by atoms with Gasteiger partial charge in [-0.3, -0.25) is 14.7 Å². The van der Waals surface area contributed by atoms with Crippen LogP contribution in [-0.4, -0.2) is 74.8 Å². The third-order valence-corrected chi connectivity index (χ3v) is 7.03. The first-order valence-electron chi connectivity index (χ1n) is 12.3. The highest BCUT2D eigenvalue weighted by molar-refractivity contribution is 5.80. The summed E-state index contributed by atoms with van der Waals surface area (Å²) >= 11 is 0. The van der Waals surface area contributed by atoms with Crippen LogP contribution in [0.2, 0.25) is 0 Å². The van der Waals surface area contributed by atoms with Crippen LogP contribution < -0.4 is 16.0 Å². The summed E-state index contributed by atoms with van der Waals surface area (Å²) in [5, 5.41) is 9.85. The number of nitrogens with one attached hydrogen (secondary N) is 3.